The maximum Gasteiger partial charge on any atom is 0.178 e. The second kappa shape index (κ2) is 3.16. The number of thiophene rings is 1. The van der Waals surface area contributed by atoms with Gasteiger partial charge < -0.3 is 0 Å². The van der Waals surface area contributed by atoms with Gasteiger partial charge in [0.2, 0.25) is 0 Å². The van der Waals surface area contributed by atoms with Crippen molar-refractivity contribution in [3.8, 4) is 10.4 Å². The summed E-state index contributed by atoms with van der Waals surface area (Å²) in [6.45, 7) is 0. The van der Waals surface area contributed by atoms with Crippen LogP contribution in [0.4, 0.5) is 0 Å². The Kier molecular flexibility index (Phi) is 2.01. The van der Waals surface area contributed by atoms with E-state index in [1.54, 1.807) is 17.5 Å². The van der Waals surface area contributed by atoms with Gasteiger partial charge in [0.1, 0.15) is 0 Å². The van der Waals surface area contributed by atoms with Crippen LogP contribution in [0.5, 0.6) is 0 Å². The summed E-state index contributed by atoms with van der Waals surface area (Å²) < 4.78 is 0. The molecule has 0 unspecified atom stereocenters. The molecule has 2 aromatic rings. The second-order valence-electron chi connectivity index (χ2n) is 2.19. The highest BCUT2D eigenvalue weighted by Crippen LogP contribution is 2.26. The van der Waals surface area contributed by atoms with Gasteiger partial charge in [-0.25, -0.2) is 4.98 Å². The Labute approximate surface area is 77.5 Å². The van der Waals surface area contributed by atoms with Gasteiger partial charge in [0.25, 0.3) is 0 Å². The summed E-state index contributed by atoms with van der Waals surface area (Å²) in [6.07, 6.45) is 2.51. The SMILES string of the molecule is O=Cc1ncc(-c2ccsc2)s1. The van der Waals surface area contributed by atoms with E-state index in [2.05, 4.69) is 4.98 Å². The molecule has 0 saturated heterocycles. The van der Waals surface area contributed by atoms with E-state index >= 15 is 0 Å². The van der Waals surface area contributed by atoms with Crippen LogP contribution in [-0.2, 0) is 0 Å². The van der Waals surface area contributed by atoms with Crippen LogP contribution in [0, 0.1) is 0 Å². The van der Waals surface area contributed by atoms with E-state index in [-0.39, 0.29) is 0 Å². The predicted molar refractivity (Wildman–Crippen MR) is 50.8 cm³/mol. The lowest BCUT2D eigenvalue weighted by molar-refractivity contribution is 0.112. The molecule has 4 heteroatoms. The third-order valence-electron chi connectivity index (χ3n) is 1.43. The first kappa shape index (κ1) is 7.64. The van der Waals surface area contributed by atoms with Crippen molar-refractivity contribution in [1.29, 1.82) is 0 Å². The van der Waals surface area contributed by atoms with Crippen LogP contribution in [0.15, 0.2) is 23.0 Å². The maximum absolute atomic E-state index is 10.3. The van der Waals surface area contributed by atoms with Crippen molar-refractivity contribution in [3.05, 3.63) is 28.0 Å². The molecule has 0 saturated carbocycles. The summed E-state index contributed by atoms with van der Waals surface area (Å²) in [7, 11) is 0. The lowest BCUT2D eigenvalue weighted by Crippen LogP contribution is -1.69. The average Bonchev–Trinajstić information content (AvgIpc) is 2.75. The van der Waals surface area contributed by atoms with Gasteiger partial charge in [-0.15, -0.1) is 11.3 Å². The Bertz CT molecular complexity index is 377. The first-order chi connectivity index (χ1) is 5.90. The number of hydrogen-bond acceptors (Lipinski definition) is 4. The molecular formula is C8H5NOS2. The lowest BCUT2D eigenvalue weighted by atomic mass is 10.3. The van der Waals surface area contributed by atoms with Crippen molar-refractivity contribution in [2.75, 3.05) is 0 Å². The molecule has 0 bridgehead atoms. The summed E-state index contributed by atoms with van der Waals surface area (Å²) in [5, 5.41) is 4.59. The highest BCUT2D eigenvalue weighted by atomic mass is 32.1. The summed E-state index contributed by atoms with van der Waals surface area (Å²) in [5.74, 6) is 0. The molecule has 0 radical (unpaired) electrons. The fourth-order valence-electron chi connectivity index (χ4n) is 0.880. The second-order valence-corrected chi connectivity index (χ2v) is 4.03. The van der Waals surface area contributed by atoms with Crippen LogP contribution in [-0.4, -0.2) is 11.3 Å². The fraction of sp³-hybridized carbons (Fsp3) is 0. The lowest BCUT2D eigenvalue weighted by Gasteiger charge is -1.84. The molecule has 0 atom stereocenters. The molecule has 0 aliphatic carbocycles. The monoisotopic (exact) mass is 195 g/mol. The van der Waals surface area contributed by atoms with Gasteiger partial charge in [-0.1, -0.05) is 0 Å². The van der Waals surface area contributed by atoms with Crippen LogP contribution in [0.2, 0.25) is 0 Å². The Morgan fingerprint density at radius 3 is 3.00 bits per heavy atom. The molecule has 2 aromatic heterocycles. The van der Waals surface area contributed by atoms with Crippen LogP contribution in [0.25, 0.3) is 10.4 Å². The molecule has 60 valence electrons. The fourth-order valence-corrected chi connectivity index (χ4v) is 2.34. The van der Waals surface area contributed by atoms with E-state index in [4.69, 9.17) is 0 Å². The zero-order valence-electron chi connectivity index (χ0n) is 6.06. The number of carbonyl (C=O) groups is 1. The molecule has 0 aliphatic heterocycles. The van der Waals surface area contributed by atoms with E-state index in [9.17, 15) is 4.79 Å². The van der Waals surface area contributed by atoms with Crippen LogP contribution >= 0.6 is 22.7 Å². The minimum Gasteiger partial charge on any atom is -0.295 e. The van der Waals surface area contributed by atoms with E-state index in [0.717, 1.165) is 16.7 Å². The minimum atomic E-state index is 0.538. The van der Waals surface area contributed by atoms with Crippen LogP contribution < -0.4 is 0 Å². The van der Waals surface area contributed by atoms with Crippen molar-refractivity contribution >= 4 is 29.0 Å². The molecule has 2 rings (SSSR count). The van der Waals surface area contributed by atoms with Crippen molar-refractivity contribution in [1.82, 2.24) is 4.98 Å². The molecule has 0 N–H and O–H groups in total. The zero-order chi connectivity index (χ0) is 8.39. The number of nitrogens with zero attached hydrogens (tertiary/aromatic N) is 1. The van der Waals surface area contributed by atoms with Gasteiger partial charge in [0.15, 0.2) is 11.3 Å². The Morgan fingerprint density at radius 2 is 2.42 bits per heavy atom. The number of aromatic nitrogens is 1. The molecule has 2 nitrogen and oxygen atoms in total. The third-order valence-corrected chi connectivity index (χ3v) is 3.09. The number of carbonyl (C=O) groups excluding carboxylic acids is 1. The molecule has 0 aliphatic rings. The summed E-state index contributed by atoms with van der Waals surface area (Å²) in [4.78, 5) is 15.3. The van der Waals surface area contributed by atoms with E-state index in [1.165, 1.54) is 11.3 Å². The molecule has 0 fully saturated rings. The minimum absolute atomic E-state index is 0.538. The molecule has 0 spiro atoms. The quantitative estimate of drug-likeness (QED) is 0.689. The first-order valence-corrected chi connectivity index (χ1v) is 5.09. The van der Waals surface area contributed by atoms with Gasteiger partial charge in [-0.3, -0.25) is 4.79 Å². The number of aldehydes is 1. The van der Waals surface area contributed by atoms with E-state index in [0.29, 0.717) is 5.01 Å². The van der Waals surface area contributed by atoms with Crippen molar-refractivity contribution < 1.29 is 4.79 Å². The topological polar surface area (TPSA) is 30.0 Å². The third kappa shape index (κ3) is 1.31. The number of rotatable bonds is 2. The molecule has 0 aromatic carbocycles. The number of hydrogen-bond donors (Lipinski definition) is 0. The largest absolute Gasteiger partial charge is 0.295 e. The predicted octanol–water partition coefficient (Wildman–Crippen LogP) is 2.68. The normalized spacial score (nSPS) is 10.0. The van der Waals surface area contributed by atoms with Crippen LogP contribution in [0.3, 0.4) is 0 Å². The summed E-state index contributed by atoms with van der Waals surface area (Å²) >= 11 is 3.06. The molecular weight excluding hydrogens is 190 g/mol. The van der Waals surface area contributed by atoms with Gasteiger partial charge in [-0.05, 0) is 16.8 Å². The van der Waals surface area contributed by atoms with Crippen molar-refractivity contribution in [2.24, 2.45) is 0 Å². The molecule has 2 heterocycles. The van der Waals surface area contributed by atoms with Crippen molar-refractivity contribution in [3.63, 3.8) is 0 Å². The van der Waals surface area contributed by atoms with Crippen LogP contribution in [0.1, 0.15) is 9.80 Å². The van der Waals surface area contributed by atoms with E-state index < -0.39 is 0 Å². The molecule has 12 heavy (non-hydrogen) atoms. The highest BCUT2D eigenvalue weighted by molar-refractivity contribution is 7.17. The molecule has 0 amide bonds. The Hall–Kier alpha value is -1.00. The Balaban J connectivity index is 2.41. The van der Waals surface area contributed by atoms with Crippen molar-refractivity contribution in [2.45, 2.75) is 0 Å². The number of thiazole rings is 1. The first-order valence-electron chi connectivity index (χ1n) is 3.34. The summed E-state index contributed by atoms with van der Waals surface area (Å²) in [6, 6.07) is 2.02. The van der Waals surface area contributed by atoms with Gasteiger partial charge in [0.05, 0.1) is 4.88 Å². The average molecular weight is 195 g/mol. The summed E-state index contributed by atoms with van der Waals surface area (Å²) in [5.41, 5.74) is 1.14. The smallest absolute Gasteiger partial charge is 0.178 e. The highest BCUT2D eigenvalue weighted by Gasteiger charge is 2.02. The maximum atomic E-state index is 10.3. The Morgan fingerprint density at radius 1 is 1.50 bits per heavy atom. The standard InChI is InChI=1S/C8H5NOS2/c10-4-8-9-3-7(12-8)6-1-2-11-5-6/h1-5H. The van der Waals surface area contributed by atoms with Gasteiger partial charge >= 0.3 is 0 Å². The van der Waals surface area contributed by atoms with E-state index in [1.807, 2.05) is 16.8 Å². The van der Waals surface area contributed by atoms with Gasteiger partial charge in [-0.2, -0.15) is 11.3 Å². The zero-order valence-corrected chi connectivity index (χ0v) is 7.69. The van der Waals surface area contributed by atoms with Gasteiger partial charge in [0, 0.05) is 11.8 Å².